The molecule has 100 heavy (non-hydrogen) atoms. The van der Waals surface area contributed by atoms with E-state index in [1.54, 1.807) is 48.5 Å². The quantitative estimate of drug-likeness (QED) is 0.00875. The van der Waals surface area contributed by atoms with Gasteiger partial charge in [0.1, 0.15) is 88.7 Å². The second-order valence-electron chi connectivity index (χ2n) is 25.3. The second kappa shape index (κ2) is 44.2. The zero-order chi connectivity index (χ0) is 72.9. The zero-order valence-corrected chi connectivity index (χ0v) is 60.2. The second-order valence-corrected chi connectivity index (χ2v) is 25.3. The van der Waals surface area contributed by atoms with Gasteiger partial charge < -0.3 is 47.4 Å². The fourth-order valence-corrected chi connectivity index (χ4v) is 11.6. The molecule has 0 saturated heterocycles. The topological polar surface area (TPSA) is 263 Å². The van der Waals surface area contributed by atoms with E-state index in [9.17, 15) is 47.9 Å². The molecule has 20 nitrogen and oxygen atoms in total. The van der Waals surface area contributed by atoms with Crippen LogP contribution < -0.4 is 18.9 Å². The molecule has 0 radical (unpaired) electrons. The molecule has 4 aromatic carbocycles. The largest absolute Gasteiger partial charge is 0.489 e. The maximum atomic E-state index is 14.9. The Kier molecular flexibility index (Phi) is 36.2. The normalized spacial score (nSPS) is 11.5. The van der Waals surface area contributed by atoms with Crippen LogP contribution in [0.2, 0.25) is 0 Å². The molecule has 0 N–H and O–H groups in total. The van der Waals surface area contributed by atoms with Crippen LogP contribution in [0, 0.1) is 0 Å². The minimum absolute atomic E-state index is 0.0902. The Hall–Kier alpha value is -8.94. The van der Waals surface area contributed by atoms with E-state index in [4.69, 9.17) is 47.4 Å². The maximum absolute atomic E-state index is 14.9. The number of esters is 6. The van der Waals surface area contributed by atoms with Gasteiger partial charge in [-0.1, -0.05) is 118 Å². The Bertz CT molecular complexity index is 3170. The third-order valence-electron chi connectivity index (χ3n) is 16.9. The van der Waals surface area contributed by atoms with Crippen LogP contribution >= 0.6 is 0 Å². The summed E-state index contributed by atoms with van der Waals surface area (Å²) in [6, 6.07) is 14.0. The van der Waals surface area contributed by atoms with E-state index in [-0.39, 0.29) is 161 Å². The molecule has 5 rings (SSSR count). The number of fused-ring (bicyclic) bond motifs is 8. The van der Waals surface area contributed by atoms with Crippen LogP contribution in [-0.4, -0.2) is 126 Å². The lowest BCUT2D eigenvalue weighted by molar-refractivity contribution is -0.155. The Balaban J connectivity index is 2.03. The smallest absolute Gasteiger partial charge is 0.333 e. The molecule has 0 amide bonds. The van der Waals surface area contributed by atoms with E-state index in [1.165, 1.54) is 13.8 Å². The molecule has 0 spiro atoms. The predicted molar refractivity (Wildman–Crippen MR) is 378 cm³/mol. The number of ketones is 4. The molecule has 0 aliphatic heterocycles. The molecule has 0 fully saturated rings. The molecule has 0 unspecified atom stereocenters. The summed E-state index contributed by atoms with van der Waals surface area (Å²) in [4.78, 5) is 136. The molecule has 544 valence electrons. The van der Waals surface area contributed by atoms with E-state index in [1.807, 2.05) is 0 Å². The van der Waals surface area contributed by atoms with Crippen LogP contribution in [-0.2, 0) is 82.9 Å². The van der Waals surface area contributed by atoms with E-state index < -0.39 is 48.7 Å². The first-order valence-corrected chi connectivity index (χ1v) is 35.5. The average molecular weight is 1390 g/mol. The van der Waals surface area contributed by atoms with Crippen LogP contribution in [0.4, 0.5) is 0 Å². The highest BCUT2D eigenvalue weighted by atomic mass is 16.6. The van der Waals surface area contributed by atoms with E-state index in [0.29, 0.717) is 92.4 Å². The Morgan fingerprint density at radius 2 is 0.530 bits per heavy atom. The van der Waals surface area contributed by atoms with Crippen molar-refractivity contribution in [2.75, 3.05) is 67.1 Å². The number of methoxy groups -OCH3 is 2. The molecular formula is C80H104O20. The van der Waals surface area contributed by atoms with Gasteiger partial charge in [-0.25, -0.2) is 9.59 Å². The van der Waals surface area contributed by atoms with Crippen molar-refractivity contribution in [2.45, 2.75) is 208 Å². The van der Waals surface area contributed by atoms with Gasteiger partial charge in [0.25, 0.3) is 0 Å². The molecule has 8 bridgehead atoms. The highest BCUT2D eigenvalue weighted by molar-refractivity contribution is 5.99. The minimum atomic E-state index is -0.860. The van der Waals surface area contributed by atoms with Gasteiger partial charge in [-0.15, -0.1) is 0 Å². The highest BCUT2D eigenvalue weighted by Gasteiger charge is 2.29. The lowest BCUT2D eigenvalue weighted by Gasteiger charge is -2.25. The third kappa shape index (κ3) is 27.3. The Labute approximate surface area is 589 Å². The fourth-order valence-electron chi connectivity index (χ4n) is 11.6. The van der Waals surface area contributed by atoms with Gasteiger partial charge in [-0.2, -0.15) is 0 Å². The molecule has 1 aliphatic carbocycles. The summed E-state index contributed by atoms with van der Waals surface area (Å²) >= 11 is 0. The predicted octanol–water partition coefficient (Wildman–Crippen LogP) is 14.9. The van der Waals surface area contributed by atoms with Crippen LogP contribution in [0.1, 0.15) is 269 Å². The van der Waals surface area contributed by atoms with Gasteiger partial charge in [-0.05, 0) is 133 Å². The number of carbonyl (C=O) groups is 10. The Morgan fingerprint density at radius 3 is 0.730 bits per heavy atom. The van der Waals surface area contributed by atoms with Gasteiger partial charge in [0.2, 0.25) is 0 Å². The van der Waals surface area contributed by atoms with Crippen molar-refractivity contribution in [1.29, 1.82) is 0 Å². The summed E-state index contributed by atoms with van der Waals surface area (Å²) in [5.74, 6) is -4.29. The van der Waals surface area contributed by atoms with Crippen LogP contribution in [0.5, 0.6) is 23.0 Å². The summed E-state index contributed by atoms with van der Waals surface area (Å²) in [6.45, 7) is 16.8. The summed E-state index contributed by atoms with van der Waals surface area (Å²) in [5.41, 5.74) is 5.12. The van der Waals surface area contributed by atoms with E-state index >= 15 is 0 Å². The fraction of sp³-hybridized carbons (Fsp3) is 0.525. The number of Topliss-reactive ketones (excluding diaryl/α,β-unsaturated/α-hetero) is 4. The molecule has 4 aromatic rings. The first-order valence-electron chi connectivity index (χ1n) is 35.5. The van der Waals surface area contributed by atoms with E-state index in [0.717, 1.165) is 91.3 Å². The monoisotopic (exact) mass is 1380 g/mol. The lowest BCUT2D eigenvalue weighted by atomic mass is 9.86. The number of rotatable bonds is 46. The van der Waals surface area contributed by atoms with Crippen molar-refractivity contribution in [2.24, 2.45) is 0 Å². The average Bonchev–Trinajstić information content (AvgIpc) is 0.770. The number of hydrogen-bond acceptors (Lipinski definition) is 20. The lowest BCUT2D eigenvalue weighted by Crippen LogP contribution is -2.18. The zero-order valence-electron chi connectivity index (χ0n) is 60.2. The summed E-state index contributed by atoms with van der Waals surface area (Å²) < 4.78 is 58.9. The van der Waals surface area contributed by atoms with Crippen molar-refractivity contribution in [3.05, 3.63) is 140 Å². The summed E-state index contributed by atoms with van der Waals surface area (Å²) in [6.07, 6.45) is 12.2. The molecule has 1 aliphatic rings. The van der Waals surface area contributed by atoms with Crippen molar-refractivity contribution in [1.82, 2.24) is 0 Å². The number of unbranched alkanes of at least 4 members (excludes halogenated alkanes) is 12. The number of benzene rings is 4. The molecule has 0 heterocycles. The van der Waals surface area contributed by atoms with Crippen molar-refractivity contribution >= 4 is 58.9 Å². The molecule has 0 aromatic heterocycles. The highest BCUT2D eigenvalue weighted by Crippen LogP contribution is 2.42. The number of ether oxygens (including phenoxy) is 10. The minimum Gasteiger partial charge on any atom is -0.489 e. The van der Waals surface area contributed by atoms with Crippen LogP contribution in [0.3, 0.4) is 0 Å². The molecule has 20 heteroatoms. The Morgan fingerprint density at radius 1 is 0.310 bits per heavy atom. The van der Waals surface area contributed by atoms with Crippen molar-refractivity contribution in [3.63, 3.8) is 0 Å². The van der Waals surface area contributed by atoms with Crippen LogP contribution in [0.25, 0.3) is 0 Å². The van der Waals surface area contributed by atoms with Gasteiger partial charge in [0.05, 0.1) is 14.2 Å². The van der Waals surface area contributed by atoms with Gasteiger partial charge in [0, 0.05) is 84.8 Å². The van der Waals surface area contributed by atoms with Crippen molar-refractivity contribution in [3.8, 4) is 23.0 Å². The molecule has 0 saturated carbocycles. The molecular weight excluding hydrogens is 1280 g/mol. The first kappa shape index (κ1) is 81.7. The standard InChI is InChI=1S/C80H104O20/c1-11-15-19-23-27-67(81)55-39-59-47-63-43-57(69(83)29-25-21-17-13-3)45-65(77(63)97-35-37-99-79(89)53(5)6)49-61-41-56(68(82)28-24-20-16-12-2)42-62(76(61)96-34-32-94-74(88)52-72(86)92-10)50-66-46-58(70(84)30-26-22-18-14-4)44-64(78(66)98-36-38-100-80(90)54(7)8)48-60(40-55)75(59)95-33-31-93-73(87)51-71(85)91-9/h39-46H,5,7,11-38,47-52H2,1-4,6,8-10H3. The maximum Gasteiger partial charge on any atom is 0.333 e. The van der Waals surface area contributed by atoms with Crippen molar-refractivity contribution < 1.29 is 95.3 Å². The SMILES string of the molecule is C=C(C)C(=O)OCCOc1c2cc(C(=O)CCCCCC)cc1Cc1cc(C(=O)CCCCCC)cc(c1OCCOC(=O)CC(=O)OC)Cc1cc(C(=O)CCCCCC)cc(c1OCCOC(=O)C(=C)C)Cc1cc(C(=O)CCCCCC)cc(c1OCCOC(=O)CC(=O)OC)C2. The van der Waals surface area contributed by atoms with E-state index in [2.05, 4.69) is 40.9 Å². The summed E-state index contributed by atoms with van der Waals surface area (Å²) in [5, 5.41) is 0. The third-order valence-corrected chi connectivity index (χ3v) is 16.9. The number of hydrogen-bond donors (Lipinski definition) is 0. The van der Waals surface area contributed by atoms with Gasteiger partial charge in [-0.3, -0.25) is 38.4 Å². The summed E-state index contributed by atoms with van der Waals surface area (Å²) in [7, 11) is 2.31. The van der Waals surface area contributed by atoms with Gasteiger partial charge >= 0.3 is 35.8 Å². The first-order chi connectivity index (χ1) is 48.1. The van der Waals surface area contributed by atoms with Gasteiger partial charge in [0.15, 0.2) is 23.1 Å². The molecule has 0 atom stereocenters. The van der Waals surface area contributed by atoms with Crippen LogP contribution in [0.15, 0.2) is 72.8 Å². The number of carbonyl (C=O) groups excluding carboxylic acids is 10.